The zero-order chi connectivity index (χ0) is 10.7. The Bertz CT molecular complexity index is 323. The number of benzene rings is 1. The van der Waals surface area contributed by atoms with Gasteiger partial charge in [-0.15, -0.1) is 0 Å². The molecule has 3 heteroatoms. The highest BCUT2D eigenvalue weighted by Gasteiger charge is 2.10. The van der Waals surface area contributed by atoms with E-state index >= 15 is 0 Å². The lowest BCUT2D eigenvalue weighted by atomic mass is 10.0. The third-order valence-corrected chi connectivity index (χ3v) is 3.09. The van der Waals surface area contributed by atoms with Gasteiger partial charge in [0, 0.05) is 10.5 Å². The molecule has 0 aliphatic rings. The number of nitrogens with two attached hydrogens (primary N) is 1. The average Bonchev–Trinajstić information content (AvgIpc) is 2.13. The number of hydrogen-bond acceptors (Lipinski definition) is 2. The SMILES string of the molecule is COc1ccc(Br)c(C)c1CC(C)N. The third kappa shape index (κ3) is 2.49. The molecule has 0 spiro atoms. The van der Waals surface area contributed by atoms with Crippen LogP contribution in [-0.4, -0.2) is 13.2 Å². The number of hydrogen-bond donors (Lipinski definition) is 1. The first-order chi connectivity index (χ1) is 6.56. The molecule has 2 N–H and O–H groups in total. The maximum atomic E-state index is 5.80. The standard InChI is InChI=1S/C11H16BrNO/c1-7(13)6-9-8(2)10(12)4-5-11(9)14-3/h4-5,7H,6,13H2,1-3H3. The van der Waals surface area contributed by atoms with Crippen molar-refractivity contribution in [1.29, 1.82) is 0 Å². The van der Waals surface area contributed by atoms with Crippen LogP contribution in [-0.2, 0) is 6.42 Å². The summed E-state index contributed by atoms with van der Waals surface area (Å²) in [7, 11) is 1.69. The van der Waals surface area contributed by atoms with Crippen molar-refractivity contribution in [3.05, 3.63) is 27.7 Å². The van der Waals surface area contributed by atoms with Crippen LogP contribution in [0, 0.1) is 6.92 Å². The summed E-state index contributed by atoms with van der Waals surface area (Å²) in [5.41, 5.74) is 8.20. The molecule has 2 nitrogen and oxygen atoms in total. The molecule has 1 aromatic rings. The predicted molar refractivity (Wildman–Crippen MR) is 62.8 cm³/mol. The molecule has 0 aliphatic carbocycles. The lowest BCUT2D eigenvalue weighted by molar-refractivity contribution is 0.407. The molecule has 0 heterocycles. The average molecular weight is 258 g/mol. The smallest absolute Gasteiger partial charge is 0.122 e. The van der Waals surface area contributed by atoms with E-state index in [9.17, 15) is 0 Å². The highest BCUT2D eigenvalue weighted by molar-refractivity contribution is 9.10. The van der Waals surface area contributed by atoms with E-state index in [0.717, 1.165) is 16.6 Å². The van der Waals surface area contributed by atoms with Gasteiger partial charge in [-0.3, -0.25) is 0 Å². The predicted octanol–water partition coefficient (Wildman–Crippen LogP) is 2.66. The van der Waals surface area contributed by atoms with Gasteiger partial charge in [0.25, 0.3) is 0 Å². The quantitative estimate of drug-likeness (QED) is 0.904. The second-order valence-corrected chi connectivity index (χ2v) is 4.39. The maximum Gasteiger partial charge on any atom is 0.122 e. The summed E-state index contributed by atoms with van der Waals surface area (Å²) < 4.78 is 6.41. The summed E-state index contributed by atoms with van der Waals surface area (Å²) in [6.07, 6.45) is 0.842. The zero-order valence-corrected chi connectivity index (χ0v) is 10.4. The fourth-order valence-electron chi connectivity index (χ4n) is 1.47. The van der Waals surface area contributed by atoms with Gasteiger partial charge in [0.1, 0.15) is 5.75 Å². The fraction of sp³-hybridized carbons (Fsp3) is 0.455. The van der Waals surface area contributed by atoms with Gasteiger partial charge in [-0.05, 0) is 43.5 Å². The molecule has 1 atom stereocenters. The zero-order valence-electron chi connectivity index (χ0n) is 8.80. The molecule has 78 valence electrons. The van der Waals surface area contributed by atoms with Crippen LogP contribution >= 0.6 is 15.9 Å². The topological polar surface area (TPSA) is 35.2 Å². The van der Waals surface area contributed by atoms with Crippen molar-refractivity contribution in [2.45, 2.75) is 26.3 Å². The first kappa shape index (κ1) is 11.5. The number of ether oxygens (including phenoxy) is 1. The highest BCUT2D eigenvalue weighted by atomic mass is 79.9. The van der Waals surface area contributed by atoms with Gasteiger partial charge in [0.2, 0.25) is 0 Å². The molecule has 0 aromatic heterocycles. The van der Waals surface area contributed by atoms with E-state index in [2.05, 4.69) is 22.9 Å². The minimum absolute atomic E-state index is 0.150. The van der Waals surface area contributed by atoms with E-state index in [1.165, 1.54) is 11.1 Å². The van der Waals surface area contributed by atoms with E-state index in [-0.39, 0.29) is 6.04 Å². The Morgan fingerprint density at radius 2 is 2.14 bits per heavy atom. The van der Waals surface area contributed by atoms with Crippen LogP contribution in [0.1, 0.15) is 18.1 Å². The van der Waals surface area contributed by atoms with Crippen molar-refractivity contribution in [3.63, 3.8) is 0 Å². The summed E-state index contributed by atoms with van der Waals surface area (Å²) in [6, 6.07) is 4.12. The van der Waals surface area contributed by atoms with E-state index in [0.29, 0.717) is 0 Å². The second-order valence-electron chi connectivity index (χ2n) is 3.53. The maximum absolute atomic E-state index is 5.80. The molecule has 0 amide bonds. The summed E-state index contributed by atoms with van der Waals surface area (Å²) in [5.74, 6) is 0.919. The van der Waals surface area contributed by atoms with Gasteiger partial charge in [-0.1, -0.05) is 15.9 Å². The Morgan fingerprint density at radius 3 is 2.64 bits per heavy atom. The molecule has 0 aliphatic heterocycles. The molecule has 0 fully saturated rings. The van der Waals surface area contributed by atoms with Gasteiger partial charge in [0.15, 0.2) is 0 Å². The Hall–Kier alpha value is -0.540. The van der Waals surface area contributed by atoms with E-state index in [4.69, 9.17) is 10.5 Å². The summed E-state index contributed by atoms with van der Waals surface area (Å²) in [5, 5.41) is 0. The van der Waals surface area contributed by atoms with Crippen molar-refractivity contribution >= 4 is 15.9 Å². The van der Waals surface area contributed by atoms with Crippen LogP contribution in [0.2, 0.25) is 0 Å². The first-order valence-corrected chi connectivity index (χ1v) is 5.43. The molecule has 0 radical (unpaired) electrons. The Balaban J connectivity index is 3.14. The molecule has 1 unspecified atom stereocenters. The van der Waals surface area contributed by atoms with Gasteiger partial charge >= 0.3 is 0 Å². The van der Waals surface area contributed by atoms with Crippen LogP contribution in [0.15, 0.2) is 16.6 Å². The highest BCUT2D eigenvalue weighted by Crippen LogP contribution is 2.29. The molecular weight excluding hydrogens is 242 g/mol. The van der Waals surface area contributed by atoms with E-state index < -0.39 is 0 Å². The van der Waals surface area contributed by atoms with Crippen molar-refractivity contribution in [2.75, 3.05) is 7.11 Å². The van der Waals surface area contributed by atoms with Gasteiger partial charge in [-0.2, -0.15) is 0 Å². The molecular formula is C11H16BrNO. The largest absolute Gasteiger partial charge is 0.496 e. The van der Waals surface area contributed by atoms with Crippen LogP contribution in [0.4, 0.5) is 0 Å². The van der Waals surface area contributed by atoms with Crippen molar-refractivity contribution in [1.82, 2.24) is 0 Å². The van der Waals surface area contributed by atoms with Crippen LogP contribution in [0.3, 0.4) is 0 Å². The Labute approximate surface area is 93.6 Å². The molecule has 0 saturated heterocycles. The minimum Gasteiger partial charge on any atom is -0.496 e. The van der Waals surface area contributed by atoms with Gasteiger partial charge in [-0.25, -0.2) is 0 Å². The first-order valence-electron chi connectivity index (χ1n) is 4.63. The molecule has 14 heavy (non-hydrogen) atoms. The monoisotopic (exact) mass is 257 g/mol. The lowest BCUT2D eigenvalue weighted by Gasteiger charge is -2.14. The van der Waals surface area contributed by atoms with Gasteiger partial charge < -0.3 is 10.5 Å². The summed E-state index contributed by atoms with van der Waals surface area (Å²) >= 11 is 3.50. The number of halogens is 1. The molecule has 0 bridgehead atoms. The molecule has 0 saturated carbocycles. The Morgan fingerprint density at radius 1 is 1.50 bits per heavy atom. The van der Waals surface area contributed by atoms with Crippen LogP contribution in [0.5, 0.6) is 5.75 Å². The van der Waals surface area contributed by atoms with Crippen molar-refractivity contribution in [2.24, 2.45) is 5.73 Å². The minimum atomic E-state index is 0.150. The van der Waals surface area contributed by atoms with Crippen LogP contribution < -0.4 is 10.5 Å². The second kappa shape index (κ2) is 4.80. The number of rotatable bonds is 3. The van der Waals surface area contributed by atoms with E-state index in [1.54, 1.807) is 7.11 Å². The van der Waals surface area contributed by atoms with Gasteiger partial charge in [0.05, 0.1) is 7.11 Å². The van der Waals surface area contributed by atoms with Crippen molar-refractivity contribution < 1.29 is 4.74 Å². The van der Waals surface area contributed by atoms with Crippen LogP contribution in [0.25, 0.3) is 0 Å². The van der Waals surface area contributed by atoms with Crippen molar-refractivity contribution in [3.8, 4) is 5.75 Å². The number of methoxy groups -OCH3 is 1. The summed E-state index contributed by atoms with van der Waals surface area (Å²) in [4.78, 5) is 0. The molecule has 1 aromatic carbocycles. The van der Waals surface area contributed by atoms with E-state index in [1.807, 2.05) is 19.1 Å². The normalized spacial score (nSPS) is 12.6. The lowest BCUT2D eigenvalue weighted by Crippen LogP contribution is -2.19. The molecule has 1 rings (SSSR count). The fourth-order valence-corrected chi connectivity index (χ4v) is 1.84. The summed E-state index contributed by atoms with van der Waals surface area (Å²) in [6.45, 7) is 4.07. The third-order valence-electron chi connectivity index (χ3n) is 2.24. The Kier molecular flexibility index (Phi) is 3.96.